The molecule has 3 aliphatic rings. The van der Waals surface area contributed by atoms with Gasteiger partial charge in [-0.05, 0) is 37.1 Å². The number of rotatable bonds is 2. The molecule has 3 aliphatic heterocycles. The Morgan fingerprint density at radius 3 is 2.55 bits per heavy atom. The van der Waals surface area contributed by atoms with Crippen LogP contribution in [-0.4, -0.2) is 46.5 Å². The van der Waals surface area contributed by atoms with Crippen molar-refractivity contribution in [1.82, 2.24) is 9.80 Å². The van der Waals surface area contributed by atoms with E-state index in [1.807, 2.05) is 0 Å². The molecule has 150 valence electrons. The van der Waals surface area contributed by atoms with Gasteiger partial charge in [0.25, 0.3) is 11.8 Å². The van der Waals surface area contributed by atoms with E-state index in [0.717, 1.165) is 18.2 Å². The van der Waals surface area contributed by atoms with Crippen LogP contribution in [0.1, 0.15) is 34.8 Å². The Kier molecular flexibility index (Phi) is 3.96. The standard InChI is InChI=1S/C21H17F3N2O3/c22-12-5-6-16(24)14(9-12)19(27)25-10-21(11-25)20(28)26-17(7-8-18(26)29-21)13-3-1-2-4-15(13)23/h1-6,9,17-18H,7-8,10-11H2/t17-,18+/m0/s1. The van der Waals surface area contributed by atoms with Crippen molar-refractivity contribution in [3.63, 3.8) is 0 Å². The van der Waals surface area contributed by atoms with Crippen molar-refractivity contribution in [2.24, 2.45) is 0 Å². The lowest BCUT2D eigenvalue weighted by molar-refractivity contribution is -0.154. The summed E-state index contributed by atoms with van der Waals surface area (Å²) in [6.45, 7) is -0.0881. The number of amides is 2. The third kappa shape index (κ3) is 2.66. The van der Waals surface area contributed by atoms with Gasteiger partial charge in [-0.2, -0.15) is 0 Å². The van der Waals surface area contributed by atoms with E-state index in [1.165, 1.54) is 11.0 Å². The first kappa shape index (κ1) is 18.2. The molecule has 0 N–H and O–H groups in total. The normalized spacial score (nSPS) is 24.7. The summed E-state index contributed by atoms with van der Waals surface area (Å²) in [5, 5.41) is 0. The molecule has 1 spiro atoms. The molecule has 5 rings (SSSR count). The van der Waals surface area contributed by atoms with Crippen LogP contribution < -0.4 is 0 Å². The van der Waals surface area contributed by atoms with Crippen LogP contribution in [-0.2, 0) is 9.53 Å². The fraction of sp³-hybridized carbons (Fsp3) is 0.333. The molecule has 2 atom stereocenters. The van der Waals surface area contributed by atoms with Gasteiger partial charge in [0, 0.05) is 5.56 Å². The lowest BCUT2D eigenvalue weighted by atomic mass is 9.91. The Morgan fingerprint density at radius 1 is 1.03 bits per heavy atom. The van der Waals surface area contributed by atoms with E-state index < -0.39 is 35.4 Å². The maximum absolute atomic E-state index is 14.2. The summed E-state index contributed by atoms with van der Waals surface area (Å²) in [6, 6.07) is 8.58. The van der Waals surface area contributed by atoms with Crippen molar-refractivity contribution < 1.29 is 27.5 Å². The van der Waals surface area contributed by atoms with E-state index in [0.29, 0.717) is 18.4 Å². The second-order valence-electron chi connectivity index (χ2n) is 7.68. The fourth-order valence-electron chi connectivity index (χ4n) is 4.52. The molecule has 29 heavy (non-hydrogen) atoms. The Hall–Kier alpha value is -2.87. The first-order chi connectivity index (χ1) is 13.9. The molecule has 0 bridgehead atoms. The van der Waals surface area contributed by atoms with E-state index in [-0.39, 0.29) is 30.4 Å². The van der Waals surface area contributed by atoms with Crippen LogP contribution >= 0.6 is 0 Å². The molecular formula is C21H17F3N2O3. The zero-order valence-corrected chi connectivity index (χ0v) is 15.3. The van der Waals surface area contributed by atoms with E-state index in [9.17, 15) is 22.8 Å². The second kappa shape index (κ2) is 6.32. The second-order valence-corrected chi connectivity index (χ2v) is 7.68. The summed E-state index contributed by atoms with van der Waals surface area (Å²) >= 11 is 0. The molecular weight excluding hydrogens is 385 g/mol. The molecule has 0 radical (unpaired) electrons. The summed E-state index contributed by atoms with van der Waals surface area (Å²) in [6.07, 6.45) is 0.680. The highest BCUT2D eigenvalue weighted by molar-refractivity contribution is 5.98. The Bertz CT molecular complexity index is 1020. The lowest BCUT2D eigenvalue weighted by Crippen LogP contribution is -2.67. The SMILES string of the molecule is O=C(c1cc(F)ccc1F)N1CC2(C1)O[C@@H]1CC[C@@H](c3ccccc3F)N1C2=O. The van der Waals surface area contributed by atoms with Crippen LogP contribution in [0.25, 0.3) is 0 Å². The summed E-state index contributed by atoms with van der Waals surface area (Å²) < 4.78 is 47.5. The number of hydrogen-bond donors (Lipinski definition) is 0. The van der Waals surface area contributed by atoms with Crippen LogP contribution in [0.5, 0.6) is 0 Å². The van der Waals surface area contributed by atoms with E-state index in [1.54, 1.807) is 23.1 Å². The maximum Gasteiger partial charge on any atom is 0.261 e. The van der Waals surface area contributed by atoms with Gasteiger partial charge in [-0.1, -0.05) is 18.2 Å². The minimum atomic E-state index is -1.20. The number of likely N-dealkylation sites (tertiary alicyclic amines) is 1. The monoisotopic (exact) mass is 402 g/mol. The van der Waals surface area contributed by atoms with Gasteiger partial charge >= 0.3 is 0 Å². The zero-order valence-electron chi connectivity index (χ0n) is 15.3. The first-order valence-corrected chi connectivity index (χ1v) is 9.39. The number of hydrogen-bond acceptors (Lipinski definition) is 3. The lowest BCUT2D eigenvalue weighted by Gasteiger charge is -2.45. The van der Waals surface area contributed by atoms with E-state index >= 15 is 0 Å². The summed E-state index contributed by atoms with van der Waals surface area (Å²) in [4.78, 5) is 28.4. The average Bonchev–Trinajstić information content (AvgIpc) is 3.20. The predicted molar refractivity (Wildman–Crippen MR) is 95.1 cm³/mol. The van der Waals surface area contributed by atoms with Gasteiger partial charge < -0.3 is 14.5 Å². The predicted octanol–water partition coefficient (Wildman–Crippen LogP) is 3.02. The third-order valence-electron chi connectivity index (χ3n) is 5.92. The van der Waals surface area contributed by atoms with Gasteiger partial charge in [-0.15, -0.1) is 0 Å². The summed E-state index contributed by atoms with van der Waals surface area (Å²) in [7, 11) is 0. The minimum Gasteiger partial charge on any atom is -0.338 e. The Balaban J connectivity index is 1.35. The highest BCUT2D eigenvalue weighted by atomic mass is 19.1. The van der Waals surface area contributed by atoms with E-state index in [4.69, 9.17) is 4.74 Å². The number of halogens is 3. The van der Waals surface area contributed by atoms with E-state index in [2.05, 4.69) is 0 Å². The van der Waals surface area contributed by atoms with Crippen molar-refractivity contribution in [1.29, 1.82) is 0 Å². The van der Waals surface area contributed by atoms with Gasteiger partial charge in [0.15, 0.2) is 5.60 Å². The maximum atomic E-state index is 14.2. The van der Waals surface area contributed by atoms with Crippen molar-refractivity contribution in [2.75, 3.05) is 13.1 Å². The highest BCUT2D eigenvalue weighted by Gasteiger charge is 2.63. The summed E-state index contributed by atoms with van der Waals surface area (Å²) in [5.41, 5.74) is -1.14. The molecule has 5 nitrogen and oxygen atoms in total. The van der Waals surface area contributed by atoms with Crippen LogP contribution in [0.15, 0.2) is 42.5 Å². The molecule has 3 saturated heterocycles. The van der Waals surface area contributed by atoms with Crippen LogP contribution in [0.4, 0.5) is 13.2 Å². The molecule has 0 unspecified atom stereocenters. The minimum absolute atomic E-state index is 0.0440. The van der Waals surface area contributed by atoms with Gasteiger partial charge in [0.1, 0.15) is 23.7 Å². The molecule has 8 heteroatoms. The number of nitrogens with zero attached hydrogens (tertiary/aromatic N) is 2. The Labute approximate surface area is 164 Å². The molecule has 3 heterocycles. The average molecular weight is 402 g/mol. The third-order valence-corrected chi connectivity index (χ3v) is 5.92. The van der Waals surface area contributed by atoms with Gasteiger partial charge in [-0.3, -0.25) is 9.59 Å². The molecule has 0 aromatic heterocycles. The first-order valence-electron chi connectivity index (χ1n) is 9.39. The number of carbonyl (C=O) groups is 2. The van der Waals surface area contributed by atoms with Crippen molar-refractivity contribution in [3.05, 3.63) is 71.0 Å². The Morgan fingerprint density at radius 2 is 1.79 bits per heavy atom. The van der Waals surface area contributed by atoms with Gasteiger partial charge in [0.05, 0.1) is 24.7 Å². The number of benzene rings is 2. The highest BCUT2D eigenvalue weighted by Crippen LogP contribution is 2.47. The fourth-order valence-corrected chi connectivity index (χ4v) is 4.52. The number of fused-ring (bicyclic) bond motifs is 1. The molecule has 2 amide bonds. The van der Waals surface area contributed by atoms with Gasteiger partial charge in [0.2, 0.25) is 0 Å². The van der Waals surface area contributed by atoms with Crippen molar-refractivity contribution in [3.8, 4) is 0 Å². The molecule has 2 aromatic rings. The van der Waals surface area contributed by atoms with Crippen molar-refractivity contribution in [2.45, 2.75) is 30.7 Å². The molecule has 0 aliphatic carbocycles. The largest absolute Gasteiger partial charge is 0.338 e. The quantitative estimate of drug-likeness (QED) is 0.776. The topological polar surface area (TPSA) is 49.9 Å². The smallest absolute Gasteiger partial charge is 0.261 e. The van der Waals surface area contributed by atoms with Crippen LogP contribution in [0.2, 0.25) is 0 Å². The van der Waals surface area contributed by atoms with Gasteiger partial charge in [-0.25, -0.2) is 13.2 Å². The summed E-state index contributed by atoms with van der Waals surface area (Å²) in [5.74, 6) is -2.90. The zero-order chi connectivity index (χ0) is 20.3. The van der Waals surface area contributed by atoms with Crippen LogP contribution in [0.3, 0.4) is 0 Å². The molecule has 0 saturated carbocycles. The molecule has 3 fully saturated rings. The number of ether oxygens (including phenoxy) is 1. The van der Waals surface area contributed by atoms with Crippen molar-refractivity contribution >= 4 is 11.8 Å². The molecule has 2 aromatic carbocycles. The number of carbonyl (C=O) groups excluding carboxylic acids is 2. The van der Waals surface area contributed by atoms with Crippen LogP contribution in [0, 0.1) is 17.5 Å².